The molecule has 2 aromatic rings. The smallest absolute Gasteiger partial charge is 0.306 e. The maximum atomic E-state index is 11.7. The van der Waals surface area contributed by atoms with Crippen LogP contribution < -0.4 is 15.2 Å². The fourth-order valence-electron chi connectivity index (χ4n) is 3.07. The maximum absolute atomic E-state index is 11.7. The second kappa shape index (κ2) is 12.8. The first-order valence-corrected chi connectivity index (χ1v) is 11.0. The van der Waals surface area contributed by atoms with E-state index < -0.39 is 5.60 Å². The van der Waals surface area contributed by atoms with Gasteiger partial charge in [0.05, 0.1) is 13.2 Å². The fourth-order valence-corrected chi connectivity index (χ4v) is 3.07. The summed E-state index contributed by atoms with van der Waals surface area (Å²) in [5.74, 6) is 1.41. The second-order valence-electron chi connectivity index (χ2n) is 8.73. The number of nitrogens with two attached hydrogens (primary N) is 1. The van der Waals surface area contributed by atoms with Crippen LogP contribution in [0.15, 0.2) is 41.5 Å². The van der Waals surface area contributed by atoms with Crippen LogP contribution in [0.4, 0.5) is 0 Å². The quantitative estimate of drug-likeness (QED) is 0.144. The molecule has 2 rings (SSSR count). The standard InChI is InChI=1S/C24H34N4O4/c1-24(2,3)32-23(29)7-5-4-6-13-30-21-10-8-18-9-11-22(16-19(18)15-21)31-14-12-20(25)17-27-28-26/h8-11,15-16,20H,4-7,12-14,17,25H2,1-3H3/t20-/m1/s1. The highest BCUT2D eigenvalue weighted by molar-refractivity contribution is 5.85. The summed E-state index contributed by atoms with van der Waals surface area (Å²) in [6.45, 7) is 6.94. The third-order valence-electron chi connectivity index (χ3n) is 4.63. The van der Waals surface area contributed by atoms with E-state index in [0.29, 0.717) is 26.1 Å². The summed E-state index contributed by atoms with van der Waals surface area (Å²) in [4.78, 5) is 14.4. The zero-order valence-corrected chi connectivity index (χ0v) is 19.3. The van der Waals surface area contributed by atoms with E-state index in [0.717, 1.165) is 41.5 Å². The minimum absolute atomic E-state index is 0.149. The van der Waals surface area contributed by atoms with Gasteiger partial charge in [0.15, 0.2) is 0 Å². The predicted octanol–water partition coefficient (Wildman–Crippen LogP) is 5.53. The zero-order valence-electron chi connectivity index (χ0n) is 19.3. The molecule has 0 aliphatic rings. The predicted molar refractivity (Wildman–Crippen MR) is 126 cm³/mol. The van der Waals surface area contributed by atoms with Gasteiger partial charge in [-0.05, 0) is 87.0 Å². The molecule has 0 bridgehead atoms. The zero-order chi connectivity index (χ0) is 23.4. The Kier molecular flexibility index (Phi) is 10.1. The number of carbonyl (C=O) groups is 1. The van der Waals surface area contributed by atoms with Crippen LogP contribution in [0.25, 0.3) is 21.2 Å². The average molecular weight is 443 g/mol. The summed E-state index contributed by atoms with van der Waals surface area (Å²) in [5, 5.41) is 5.60. The first-order valence-electron chi connectivity index (χ1n) is 11.0. The van der Waals surface area contributed by atoms with E-state index >= 15 is 0 Å². The van der Waals surface area contributed by atoms with Crippen LogP contribution >= 0.6 is 0 Å². The summed E-state index contributed by atoms with van der Waals surface area (Å²) < 4.78 is 17.0. The molecule has 0 aliphatic carbocycles. The minimum Gasteiger partial charge on any atom is -0.494 e. The second-order valence-corrected chi connectivity index (χ2v) is 8.73. The maximum Gasteiger partial charge on any atom is 0.306 e. The van der Waals surface area contributed by atoms with Crippen molar-refractivity contribution in [3.05, 3.63) is 46.8 Å². The molecule has 0 saturated carbocycles. The Balaban J connectivity index is 1.75. The van der Waals surface area contributed by atoms with Gasteiger partial charge in [-0.1, -0.05) is 17.2 Å². The Hall–Kier alpha value is -2.96. The molecule has 0 fully saturated rings. The van der Waals surface area contributed by atoms with Crippen molar-refractivity contribution in [3.63, 3.8) is 0 Å². The highest BCUT2D eigenvalue weighted by Crippen LogP contribution is 2.25. The topological polar surface area (TPSA) is 120 Å². The van der Waals surface area contributed by atoms with Crippen molar-refractivity contribution in [1.82, 2.24) is 0 Å². The molecule has 0 aromatic heterocycles. The molecule has 8 nitrogen and oxygen atoms in total. The number of carbonyl (C=O) groups excluding carboxylic acids is 1. The largest absolute Gasteiger partial charge is 0.494 e. The lowest BCUT2D eigenvalue weighted by Crippen LogP contribution is -2.25. The van der Waals surface area contributed by atoms with Crippen LogP contribution in [0, 0.1) is 0 Å². The molecule has 0 radical (unpaired) electrons. The van der Waals surface area contributed by atoms with E-state index in [4.69, 9.17) is 25.5 Å². The van der Waals surface area contributed by atoms with Gasteiger partial charge in [-0.15, -0.1) is 0 Å². The van der Waals surface area contributed by atoms with Crippen molar-refractivity contribution in [2.75, 3.05) is 19.8 Å². The number of unbranched alkanes of at least 4 members (excludes halogenated alkanes) is 2. The molecule has 32 heavy (non-hydrogen) atoms. The van der Waals surface area contributed by atoms with E-state index in [9.17, 15) is 4.79 Å². The third-order valence-corrected chi connectivity index (χ3v) is 4.63. The number of hydrogen-bond donors (Lipinski definition) is 1. The number of hydrogen-bond acceptors (Lipinski definition) is 6. The molecule has 0 spiro atoms. The first-order chi connectivity index (χ1) is 15.3. The van der Waals surface area contributed by atoms with Gasteiger partial charge in [-0.25, -0.2) is 0 Å². The van der Waals surface area contributed by atoms with Gasteiger partial charge >= 0.3 is 5.97 Å². The van der Waals surface area contributed by atoms with Gasteiger partial charge in [0, 0.05) is 23.9 Å². The Morgan fingerprint density at radius 3 is 2.31 bits per heavy atom. The van der Waals surface area contributed by atoms with Crippen molar-refractivity contribution < 1.29 is 19.0 Å². The monoisotopic (exact) mass is 442 g/mol. The van der Waals surface area contributed by atoms with Crippen molar-refractivity contribution in [2.24, 2.45) is 10.8 Å². The van der Waals surface area contributed by atoms with E-state index in [2.05, 4.69) is 10.0 Å². The summed E-state index contributed by atoms with van der Waals surface area (Å²) >= 11 is 0. The Bertz CT molecular complexity index is 920. The average Bonchev–Trinajstić information content (AvgIpc) is 2.73. The van der Waals surface area contributed by atoms with Gasteiger partial charge in [-0.3, -0.25) is 4.79 Å². The normalized spacial score (nSPS) is 12.1. The lowest BCUT2D eigenvalue weighted by molar-refractivity contribution is -0.154. The number of benzene rings is 2. The van der Waals surface area contributed by atoms with Crippen LogP contribution in [0.2, 0.25) is 0 Å². The molecule has 8 heteroatoms. The fraction of sp³-hybridized carbons (Fsp3) is 0.542. The Morgan fingerprint density at radius 1 is 1.03 bits per heavy atom. The summed E-state index contributed by atoms with van der Waals surface area (Å²) in [5.41, 5.74) is 13.8. The number of fused-ring (bicyclic) bond motifs is 1. The summed E-state index contributed by atoms with van der Waals surface area (Å²) in [7, 11) is 0. The Morgan fingerprint density at radius 2 is 1.69 bits per heavy atom. The van der Waals surface area contributed by atoms with Crippen LogP contribution in [0.1, 0.15) is 52.9 Å². The minimum atomic E-state index is -0.429. The molecule has 2 aromatic carbocycles. The molecule has 2 N–H and O–H groups in total. The summed E-state index contributed by atoms with van der Waals surface area (Å²) in [6.07, 6.45) is 3.62. The highest BCUT2D eigenvalue weighted by Gasteiger charge is 2.15. The first kappa shape index (κ1) is 25.3. The SMILES string of the molecule is CC(C)(C)OC(=O)CCCCCOc1ccc2ccc(OCC[C@@H](N)CN=[N+]=[N-])cc2c1. The van der Waals surface area contributed by atoms with E-state index in [-0.39, 0.29) is 18.6 Å². The third kappa shape index (κ3) is 9.90. The number of nitrogens with zero attached hydrogens (tertiary/aromatic N) is 3. The van der Waals surface area contributed by atoms with Crippen LogP contribution in [0.3, 0.4) is 0 Å². The number of esters is 1. The molecule has 1 atom stereocenters. The van der Waals surface area contributed by atoms with E-state index in [1.54, 1.807) is 0 Å². The lowest BCUT2D eigenvalue weighted by atomic mass is 10.1. The van der Waals surface area contributed by atoms with Crippen molar-refractivity contribution in [2.45, 2.75) is 64.5 Å². The van der Waals surface area contributed by atoms with Gasteiger partial charge < -0.3 is 19.9 Å². The number of rotatable bonds is 13. The van der Waals surface area contributed by atoms with E-state index in [1.165, 1.54) is 0 Å². The van der Waals surface area contributed by atoms with Gasteiger partial charge in [0.2, 0.25) is 0 Å². The highest BCUT2D eigenvalue weighted by atomic mass is 16.6. The molecule has 0 aliphatic heterocycles. The van der Waals surface area contributed by atoms with Gasteiger partial charge in [0.25, 0.3) is 0 Å². The number of ether oxygens (including phenoxy) is 3. The van der Waals surface area contributed by atoms with Crippen LogP contribution in [0.5, 0.6) is 11.5 Å². The molecule has 0 saturated heterocycles. The molecule has 0 heterocycles. The summed E-state index contributed by atoms with van der Waals surface area (Å²) in [6, 6.07) is 11.7. The van der Waals surface area contributed by atoms with Gasteiger partial charge in [-0.2, -0.15) is 0 Å². The lowest BCUT2D eigenvalue weighted by Gasteiger charge is -2.19. The van der Waals surface area contributed by atoms with Crippen molar-refractivity contribution in [1.29, 1.82) is 0 Å². The van der Waals surface area contributed by atoms with Crippen molar-refractivity contribution >= 4 is 16.7 Å². The molecular formula is C24H34N4O4. The molecule has 174 valence electrons. The molecular weight excluding hydrogens is 408 g/mol. The van der Waals surface area contributed by atoms with Crippen LogP contribution in [-0.4, -0.2) is 37.4 Å². The molecule has 0 amide bonds. The van der Waals surface area contributed by atoms with Crippen LogP contribution in [-0.2, 0) is 9.53 Å². The van der Waals surface area contributed by atoms with Gasteiger partial charge in [0.1, 0.15) is 17.1 Å². The van der Waals surface area contributed by atoms with E-state index in [1.807, 2.05) is 57.2 Å². The molecule has 0 unspecified atom stereocenters. The number of azide groups is 1. The van der Waals surface area contributed by atoms with Crippen molar-refractivity contribution in [3.8, 4) is 11.5 Å². The Labute approximate surface area is 189 Å².